The highest BCUT2D eigenvalue weighted by Crippen LogP contribution is 2.25. The number of benzene rings is 1. The van der Waals surface area contributed by atoms with Gasteiger partial charge in [-0.15, -0.1) is 0 Å². The summed E-state index contributed by atoms with van der Waals surface area (Å²) in [6.07, 6.45) is 2.14. The van der Waals surface area contributed by atoms with Crippen molar-refractivity contribution >= 4 is 21.6 Å². The molecular weight excluding hydrogens is 307 g/mol. The van der Waals surface area contributed by atoms with Gasteiger partial charge in [-0.05, 0) is 49.2 Å². The van der Waals surface area contributed by atoms with Gasteiger partial charge in [-0.2, -0.15) is 0 Å². The van der Waals surface area contributed by atoms with Crippen molar-refractivity contribution in [3.63, 3.8) is 0 Å². The third-order valence-corrected chi connectivity index (χ3v) is 3.90. The highest BCUT2D eigenvalue weighted by Gasteiger charge is 2.11. The topological polar surface area (TPSA) is 24.9 Å². The lowest BCUT2D eigenvalue weighted by Gasteiger charge is -2.18. The SMILES string of the molecule is CCC(Nc1ccc(Br)c(C)c1)c1ccc(F)cn1. The summed E-state index contributed by atoms with van der Waals surface area (Å²) in [6, 6.07) is 9.37. The van der Waals surface area contributed by atoms with Crippen LogP contribution >= 0.6 is 15.9 Å². The molecule has 0 radical (unpaired) electrons. The molecule has 1 atom stereocenters. The number of halogens is 2. The molecule has 0 saturated carbocycles. The molecule has 100 valence electrons. The molecule has 0 aliphatic rings. The van der Waals surface area contributed by atoms with E-state index in [0.29, 0.717) is 0 Å². The van der Waals surface area contributed by atoms with Crippen molar-refractivity contribution in [2.75, 3.05) is 5.32 Å². The van der Waals surface area contributed by atoms with Crippen molar-refractivity contribution in [3.8, 4) is 0 Å². The Morgan fingerprint density at radius 3 is 2.68 bits per heavy atom. The standard InChI is InChI=1S/C15H16BrFN2/c1-3-14(15-7-4-11(17)9-18-15)19-12-5-6-13(16)10(2)8-12/h4-9,14,19H,3H2,1-2H3. The predicted molar refractivity (Wildman–Crippen MR) is 79.7 cm³/mol. The van der Waals surface area contributed by atoms with E-state index >= 15 is 0 Å². The Hall–Kier alpha value is -1.42. The maximum Gasteiger partial charge on any atom is 0.141 e. The molecule has 1 aromatic heterocycles. The third-order valence-electron chi connectivity index (χ3n) is 3.01. The highest BCUT2D eigenvalue weighted by molar-refractivity contribution is 9.10. The molecule has 0 fully saturated rings. The van der Waals surface area contributed by atoms with Gasteiger partial charge in [-0.1, -0.05) is 22.9 Å². The molecule has 1 N–H and O–H groups in total. The van der Waals surface area contributed by atoms with E-state index in [2.05, 4.69) is 39.2 Å². The van der Waals surface area contributed by atoms with E-state index in [0.717, 1.165) is 22.3 Å². The van der Waals surface area contributed by atoms with E-state index in [1.54, 1.807) is 6.07 Å². The Morgan fingerprint density at radius 2 is 2.11 bits per heavy atom. The number of pyridine rings is 1. The van der Waals surface area contributed by atoms with E-state index < -0.39 is 0 Å². The number of hydrogen-bond donors (Lipinski definition) is 1. The molecule has 0 aliphatic heterocycles. The van der Waals surface area contributed by atoms with Gasteiger partial charge in [0.2, 0.25) is 0 Å². The van der Waals surface area contributed by atoms with Crippen LogP contribution in [0.3, 0.4) is 0 Å². The lowest BCUT2D eigenvalue weighted by Crippen LogP contribution is -2.11. The van der Waals surface area contributed by atoms with Crippen LogP contribution in [0.15, 0.2) is 41.0 Å². The van der Waals surface area contributed by atoms with Gasteiger partial charge in [0.15, 0.2) is 0 Å². The van der Waals surface area contributed by atoms with Gasteiger partial charge in [-0.25, -0.2) is 4.39 Å². The lowest BCUT2D eigenvalue weighted by atomic mass is 10.1. The van der Waals surface area contributed by atoms with Crippen molar-refractivity contribution in [1.29, 1.82) is 0 Å². The van der Waals surface area contributed by atoms with Gasteiger partial charge in [0.05, 0.1) is 17.9 Å². The minimum absolute atomic E-state index is 0.0844. The summed E-state index contributed by atoms with van der Waals surface area (Å²) in [5, 5.41) is 3.43. The molecule has 0 bridgehead atoms. The molecular formula is C15H16BrFN2. The molecule has 0 saturated heterocycles. The zero-order valence-corrected chi connectivity index (χ0v) is 12.5. The van der Waals surface area contributed by atoms with Gasteiger partial charge in [0.25, 0.3) is 0 Å². The van der Waals surface area contributed by atoms with E-state index in [4.69, 9.17) is 0 Å². The first-order chi connectivity index (χ1) is 9.10. The monoisotopic (exact) mass is 322 g/mol. The number of aromatic nitrogens is 1. The average Bonchev–Trinajstić information content (AvgIpc) is 2.41. The smallest absolute Gasteiger partial charge is 0.141 e. The first-order valence-corrected chi connectivity index (χ1v) is 7.03. The van der Waals surface area contributed by atoms with Gasteiger partial charge in [-0.3, -0.25) is 4.98 Å². The van der Waals surface area contributed by atoms with Gasteiger partial charge < -0.3 is 5.32 Å². The van der Waals surface area contributed by atoms with E-state index in [1.165, 1.54) is 17.8 Å². The van der Waals surface area contributed by atoms with Crippen molar-refractivity contribution in [2.45, 2.75) is 26.3 Å². The number of nitrogens with zero attached hydrogens (tertiary/aromatic N) is 1. The van der Waals surface area contributed by atoms with Crippen molar-refractivity contribution in [2.24, 2.45) is 0 Å². The quantitative estimate of drug-likeness (QED) is 0.869. The van der Waals surface area contributed by atoms with Crippen LogP contribution in [0, 0.1) is 12.7 Å². The van der Waals surface area contributed by atoms with E-state index in [-0.39, 0.29) is 11.9 Å². The van der Waals surface area contributed by atoms with Crippen LogP contribution in [0.5, 0.6) is 0 Å². The van der Waals surface area contributed by atoms with Crippen LogP contribution in [-0.2, 0) is 0 Å². The molecule has 2 aromatic rings. The molecule has 2 rings (SSSR count). The van der Waals surface area contributed by atoms with Crippen molar-refractivity contribution in [1.82, 2.24) is 4.98 Å². The third kappa shape index (κ3) is 3.53. The maximum absolute atomic E-state index is 12.9. The molecule has 1 heterocycles. The second-order valence-electron chi connectivity index (χ2n) is 4.47. The fraction of sp³-hybridized carbons (Fsp3) is 0.267. The fourth-order valence-corrected chi connectivity index (χ4v) is 2.16. The van der Waals surface area contributed by atoms with Crippen LogP contribution in [0.1, 0.15) is 30.6 Å². The van der Waals surface area contributed by atoms with Crippen molar-refractivity contribution < 1.29 is 4.39 Å². The van der Waals surface area contributed by atoms with E-state index in [9.17, 15) is 4.39 Å². The Kier molecular flexibility index (Phi) is 4.53. The van der Waals surface area contributed by atoms with Crippen LogP contribution < -0.4 is 5.32 Å². The second-order valence-corrected chi connectivity index (χ2v) is 5.32. The van der Waals surface area contributed by atoms with Gasteiger partial charge in [0.1, 0.15) is 5.82 Å². The zero-order valence-electron chi connectivity index (χ0n) is 11.0. The molecule has 2 nitrogen and oxygen atoms in total. The van der Waals surface area contributed by atoms with Crippen LogP contribution in [0.2, 0.25) is 0 Å². The van der Waals surface area contributed by atoms with Gasteiger partial charge in [0, 0.05) is 10.2 Å². The summed E-state index contributed by atoms with van der Waals surface area (Å²) in [5.74, 6) is -0.307. The molecule has 4 heteroatoms. The van der Waals surface area contributed by atoms with Crippen LogP contribution in [0.25, 0.3) is 0 Å². The first kappa shape index (κ1) is 14.0. The molecule has 19 heavy (non-hydrogen) atoms. The Bertz CT molecular complexity index is 555. The van der Waals surface area contributed by atoms with Gasteiger partial charge >= 0.3 is 0 Å². The highest BCUT2D eigenvalue weighted by atomic mass is 79.9. The molecule has 0 spiro atoms. The largest absolute Gasteiger partial charge is 0.377 e. The Balaban J connectivity index is 2.18. The lowest BCUT2D eigenvalue weighted by molar-refractivity contribution is 0.614. The minimum Gasteiger partial charge on any atom is -0.377 e. The first-order valence-electron chi connectivity index (χ1n) is 6.24. The molecule has 1 unspecified atom stereocenters. The number of hydrogen-bond acceptors (Lipinski definition) is 2. The average molecular weight is 323 g/mol. The predicted octanol–water partition coefficient (Wildman–Crippen LogP) is 4.85. The van der Waals surface area contributed by atoms with Crippen LogP contribution in [0.4, 0.5) is 10.1 Å². The summed E-state index contributed by atoms with van der Waals surface area (Å²) in [6.45, 7) is 4.13. The fourth-order valence-electron chi connectivity index (χ4n) is 1.91. The van der Waals surface area contributed by atoms with E-state index in [1.807, 2.05) is 19.1 Å². The maximum atomic E-state index is 12.9. The summed E-state index contributed by atoms with van der Waals surface area (Å²) < 4.78 is 14.0. The number of rotatable bonds is 4. The molecule has 0 amide bonds. The van der Waals surface area contributed by atoms with Crippen LogP contribution in [-0.4, -0.2) is 4.98 Å². The Morgan fingerprint density at radius 1 is 1.32 bits per heavy atom. The number of anilines is 1. The Labute approximate surface area is 121 Å². The summed E-state index contributed by atoms with van der Waals surface area (Å²) in [7, 11) is 0. The second kappa shape index (κ2) is 6.15. The van der Waals surface area contributed by atoms with Crippen molar-refractivity contribution in [3.05, 3.63) is 58.1 Å². The zero-order chi connectivity index (χ0) is 13.8. The number of nitrogens with one attached hydrogen (secondary N) is 1. The minimum atomic E-state index is -0.307. The summed E-state index contributed by atoms with van der Waals surface area (Å²) >= 11 is 3.48. The molecule has 0 aliphatic carbocycles. The number of aryl methyl sites for hydroxylation is 1. The molecule has 1 aromatic carbocycles. The summed E-state index contributed by atoms with van der Waals surface area (Å²) in [4.78, 5) is 4.14. The summed E-state index contributed by atoms with van der Waals surface area (Å²) in [5.41, 5.74) is 3.06. The normalized spacial score (nSPS) is 12.2.